The van der Waals surface area contributed by atoms with Gasteiger partial charge in [-0.15, -0.1) is 0 Å². The van der Waals surface area contributed by atoms with Crippen molar-refractivity contribution in [1.82, 2.24) is 9.78 Å². The van der Waals surface area contributed by atoms with Crippen LogP contribution in [0.4, 0.5) is 5.69 Å². The number of ether oxygens (including phenoxy) is 2. The van der Waals surface area contributed by atoms with Gasteiger partial charge in [-0.2, -0.15) is 5.10 Å². The summed E-state index contributed by atoms with van der Waals surface area (Å²) >= 11 is 0. The minimum atomic E-state index is -0.512. The Bertz CT molecular complexity index is 363. The van der Waals surface area contributed by atoms with E-state index >= 15 is 0 Å². The number of aromatic nitrogens is 2. The fourth-order valence-electron chi connectivity index (χ4n) is 1.28. The molecule has 0 spiro atoms. The highest BCUT2D eigenvalue weighted by molar-refractivity contribution is 5.92. The van der Waals surface area contributed by atoms with Gasteiger partial charge in [-0.25, -0.2) is 4.79 Å². The minimum Gasteiger partial charge on any atom is -0.458 e. The summed E-state index contributed by atoms with van der Waals surface area (Å²) in [6.45, 7) is 3.41. The number of nitrogen functional groups attached to an aromatic ring is 1. The quantitative estimate of drug-likeness (QED) is 0.568. The van der Waals surface area contributed by atoms with E-state index in [9.17, 15) is 4.79 Å². The summed E-state index contributed by atoms with van der Waals surface area (Å²) in [5, 5.41) is 3.91. The Hall–Kier alpha value is -1.56. The summed E-state index contributed by atoms with van der Waals surface area (Å²) in [7, 11) is 1.70. The molecule has 0 aliphatic heterocycles. The lowest BCUT2D eigenvalue weighted by molar-refractivity contribution is 0.0308. The van der Waals surface area contributed by atoms with Gasteiger partial charge in [0.05, 0.1) is 12.3 Å². The first-order chi connectivity index (χ1) is 8.15. The predicted octanol–water partition coefficient (Wildman–Crippen LogP) is 0.976. The van der Waals surface area contributed by atoms with Crippen molar-refractivity contribution in [1.29, 1.82) is 0 Å². The molecule has 0 radical (unpaired) electrons. The van der Waals surface area contributed by atoms with Crippen LogP contribution in [0.2, 0.25) is 0 Å². The number of rotatable bonds is 7. The lowest BCUT2D eigenvalue weighted by Gasteiger charge is -2.04. The van der Waals surface area contributed by atoms with Crippen LogP contribution in [0.25, 0.3) is 0 Å². The SMILES string of the molecule is CCCCOCCOC(=O)c1nn(C)cc1N. The monoisotopic (exact) mass is 241 g/mol. The van der Waals surface area contributed by atoms with Gasteiger partial charge < -0.3 is 15.2 Å². The molecule has 0 fully saturated rings. The van der Waals surface area contributed by atoms with Crippen LogP contribution in [0.5, 0.6) is 0 Å². The molecule has 0 atom stereocenters. The molecule has 0 bridgehead atoms. The number of carbonyl (C=O) groups is 1. The van der Waals surface area contributed by atoms with E-state index in [2.05, 4.69) is 12.0 Å². The number of hydrogen-bond acceptors (Lipinski definition) is 5. The van der Waals surface area contributed by atoms with Gasteiger partial charge in [-0.05, 0) is 6.42 Å². The van der Waals surface area contributed by atoms with Crippen molar-refractivity contribution >= 4 is 11.7 Å². The first-order valence-electron chi connectivity index (χ1n) is 5.69. The molecule has 0 aliphatic carbocycles. The number of anilines is 1. The maximum atomic E-state index is 11.5. The van der Waals surface area contributed by atoms with Gasteiger partial charge in [-0.3, -0.25) is 4.68 Å². The van der Waals surface area contributed by atoms with Gasteiger partial charge in [0, 0.05) is 19.9 Å². The molecule has 0 unspecified atom stereocenters. The second kappa shape index (κ2) is 6.90. The van der Waals surface area contributed by atoms with Crippen molar-refractivity contribution in [3.05, 3.63) is 11.9 Å². The molecule has 0 saturated carbocycles. The van der Waals surface area contributed by atoms with Crippen LogP contribution in [-0.2, 0) is 16.5 Å². The molecule has 0 saturated heterocycles. The van der Waals surface area contributed by atoms with Crippen LogP contribution in [0.1, 0.15) is 30.3 Å². The van der Waals surface area contributed by atoms with Gasteiger partial charge in [0.15, 0.2) is 5.69 Å². The topological polar surface area (TPSA) is 79.4 Å². The maximum absolute atomic E-state index is 11.5. The molecule has 6 heteroatoms. The van der Waals surface area contributed by atoms with Crippen LogP contribution in [0.15, 0.2) is 6.20 Å². The van der Waals surface area contributed by atoms with Crippen molar-refractivity contribution < 1.29 is 14.3 Å². The molecule has 6 nitrogen and oxygen atoms in total. The minimum absolute atomic E-state index is 0.154. The summed E-state index contributed by atoms with van der Waals surface area (Å²) in [5.41, 5.74) is 6.07. The van der Waals surface area contributed by atoms with Gasteiger partial charge in [0.1, 0.15) is 6.61 Å². The van der Waals surface area contributed by atoms with Crippen molar-refractivity contribution in [2.24, 2.45) is 7.05 Å². The smallest absolute Gasteiger partial charge is 0.361 e. The van der Waals surface area contributed by atoms with E-state index in [0.717, 1.165) is 12.8 Å². The predicted molar refractivity (Wildman–Crippen MR) is 63.6 cm³/mol. The summed E-state index contributed by atoms with van der Waals surface area (Å²) in [4.78, 5) is 11.5. The van der Waals surface area contributed by atoms with Crippen molar-refractivity contribution in [3.8, 4) is 0 Å². The van der Waals surface area contributed by atoms with Gasteiger partial charge in [-0.1, -0.05) is 13.3 Å². The van der Waals surface area contributed by atoms with E-state index < -0.39 is 5.97 Å². The number of nitrogens with zero attached hydrogens (tertiary/aromatic N) is 2. The average Bonchev–Trinajstić information content (AvgIpc) is 2.62. The largest absolute Gasteiger partial charge is 0.458 e. The Labute approximate surface area is 101 Å². The van der Waals surface area contributed by atoms with Gasteiger partial charge >= 0.3 is 5.97 Å². The number of hydrogen-bond donors (Lipinski definition) is 1. The van der Waals surface area contributed by atoms with E-state index in [1.807, 2.05) is 0 Å². The summed E-state index contributed by atoms with van der Waals surface area (Å²) < 4.78 is 11.7. The highest BCUT2D eigenvalue weighted by atomic mass is 16.6. The summed E-state index contributed by atoms with van der Waals surface area (Å²) in [5.74, 6) is -0.512. The van der Waals surface area contributed by atoms with Gasteiger partial charge in [0.2, 0.25) is 0 Å². The molecule has 0 aliphatic rings. The van der Waals surface area contributed by atoms with E-state index in [1.54, 1.807) is 13.2 Å². The van der Waals surface area contributed by atoms with Crippen molar-refractivity contribution in [3.63, 3.8) is 0 Å². The van der Waals surface area contributed by atoms with Gasteiger partial charge in [0.25, 0.3) is 0 Å². The van der Waals surface area contributed by atoms with Crippen LogP contribution in [-0.4, -0.2) is 35.6 Å². The fourth-order valence-corrected chi connectivity index (χ4v) is 1.28. The molecule has 1 rings (SSSR count). The molecule has 0 amide bonds. The first-order valence-corrected chi connectivity index (χ1v) is 5.69. The van der Waals surface area contributed by atoms with Crippen molar-refractivity contribution in [2.45, 2.75) is 19.8 Å². The number of carbonyl (C=O) groups excluding carboxylic acids is 1. The summed E-state index contributed by atoms with van der Waals surface area (Å²) in [6.07, 6.45) is 3.67. The zero-order valence-electron chi connectivity index (χ0n) is 10.3. The zero-order valence-corrected chi connectivity index (χ0v) is 10.3. The molecule has 1 heterocycles. The van der Waals surface area contributed by atoms with E-state index in [-0.39, 0.29) is 12.3 Å². The maximum Gasteiger partial charge on any atom is 0.361 e. The highest BCUT2D eigenvalue weighted by Gasteiger charge is 2.15. The molecular formula is C11H19N3O3. The van der Waals surface area contributed by atoms with E-state index in [0.29, 0.717) is 18.9 Å². The lowest BCUT2D eigenvalue weighted by atomic mass is 10.4. The second-order valence-electron chi connectivity index (χ2n) is 3.71. The van der Waals surface area contributed by atoms with E-state index in [4.69, 9.17) is 15.2 Å². The lowest BCUT2D eigenvalue weighted by Crippen LogP contribution is -2.13. The molecule has 1 aromatic rings. The van der Waals surface area contributed by atoms with Crippen molar-refractivity contribution in [2.75, 3.05) is 25.6 Å². The Kier molecular flexibility index (Phi) is 5.48. The molecule has 1 aromatic heterocycles. The third-order valence-corrected chi connectivity index (χ3v) is 2.15. The molecule has 0 aromatic carbocycles. The highest BCUT2D eigenvalue weighted by Crippen LogP contribution is 2.09. The Morgan fingerprint density at radius 3 is 2.82 bits per heavy atom. The van der Waals surface area contributed by atoms with Crippen LogP contribution in [0.3, 0.4) is 0 Å². The van der Waals surface area contributed by atoms with Crippen LogP contribution >= 0.6 is 0 Å². The number of unbranched alkanes of at least 4 members (excludes halogenated alkanes) is 1. The standard InChI is InChI=1S/C11H19N3O3/c1-3-4-5-16-6-7-17-11(15)10-9(12)8-14(2)13-10/h8H,3-7,12H2,1-2H3. The molecule has 17 heavy (non-hydrogen) atoms. The molecular weight excluding hydrogens is 222 g/mol. The second-order valence-corrected chi connectivity index (χ2v) is 3.71. The average molecular weight is 241 g/mol. The zero-order chi connectivity index (χ0) is 12.7. The molecule has 2 N–H and O–H groups in total. The van der Waals surface area contributed by atoms with Crippen LogP contribution < -0.4 is 5.73 Å². The Balaban J connectivity index is 2.23. The van der Waals surface area contributed by atoms with E-state index in [1.165, 1.54) is 4.68 Å². The molecule has 96 valence electrons. The number of nitrogens with two attached hydrogens (primary N) is 1. The fraction of sp³-hybridized carbons (Fsp3) is 0.636. The summed E-state index contributed by atoms with van der Waals surface area (Å²) in [6, 6.07) is 0. The Morgan fingerprint density at radius 2 is 2.24 bits per heavy atom. The first kappa shape index (κ1) is 13.5. The third-order valence-electron chi connectivity index (χ3n) is 2.15. The third kappa shape index (κ3) is 4.44. The normalized spacial score (nSPS) is 10.5. The number of aryl methyl sites for hydroxylation is 1. The Morgan fingerprint density at radius 1 is 1.47 bits per heavy atom. The number of esters is 1. The van der Waals surface area contributed by atoms with Crippen LogP contribution in [0, 0.1) is 0 Å².